The Hall–Kier alpha value is -2.87. The lowest BCUT2D eigenvalue weighted by Crippen LogP contribution is -2.05. The van der Waals surface area contributed by atoms with E-state index in [1.54, 1.807) is 12.1 Å². The summed E-state index contributed by atoms with van der Waals surface area (Å²) in [5, 5.41) is 13.4. The summed E-state index contributed by atoms with van der Waals surface area (Å²) in [5.74, 6) is -4.01. The molecule has 0 spiro atoms. The highest BCUT2D eigenvalue weighted by atomic mass is 35.5. The Morgan fingerprint density at radius 1 is 0.960 bits per heavy atom. The fourth-order valence-electron chi connectivity index (χ4n) is 2.03. The summed E-state index contributed by atoms with van der Waals surface area (Å²) < 4.78 is 39.9. The van der Waals surface area contributed by atoms with Crippen molar-refractivity contribution in [2.24, 2.45) is 0 Å². The number of aryl methyl sites for hydroxylation is 1. The van der Waals surface area contributed by atoms with Gasteiger partial charge in [0, 0.05) is 10.7 Å². The van der Waals surface area contributed by atoms with E-state index in [0.29, 0.717) is 16.5 Å². The lowest BCUT2D eigenvalue weighted by molar-refractivity contribution is 0.449. The molecule has 0 aliphatic rings. The number of aromatic nitrogens is 3. The molecule has 0 saturated heterocycles. The Balaban J connectivity index is 1.85. The van der Waals surface area contributed by atoms with Gasteiger partial charge in [-0.2, -0.15) is 10.1 Å². The Morgan fingerprint density at radius 2 is 1.76 bits per heavy atom. The largest absolute Gasteiger partial charge is 0.339 e. The molecule has 2 aromatic carbocycles. The van der Waals surface area contributed by atoms with Crippen molar-refractivity contribution in [2.45, 2.75) is 6.92 Å². The average molecular weight is 366 g/mol. The van der Waals surface area contributed by atoms with Gasteiger partial charge in [0.05, 0.1) is 11.9 Å². The summed E-state index contributed by atoms with van der Waals surface area (Å²) in [6, 6.07) is 7.12. The summed E-state index contributed by atoms with van der Waals surface area (Å²) in [6.07, 6.45) is 1.35. The Kier molecular flexibility index (Phi) is 4.71. The van der Waals surface area contributed by atoms with Gasteiger partial charge in [0.15, 0.2) is 23.3 Å². The minimum absolute atomic E-state index is 0.0883. The first-order valence-corrected chi connectivity index (χ1v) is 7.45. The van der Waals surface area contributed by atoms with E-state index in [4.69, 9.17) is 11.6 Å². The molecule has 2 N–H and O–H groups in total. The monoisotopic (exact) mass is 365 g/mol. The first-order valence-electron chi connectivity index (χ1n) is 7.07. The van der Waals surface area contributed by atoms with E-state index < -0.39 is 17.5 Å². The van der Waals surface area contributed by atoms with Gasteiger partial charge in [-0.1, -0.05) is 17.7 Å². The van der Waals surface area contributed by atoms with Gasteiger partial charge in [-0.15, -0.1) is 5.10 Å². The summed E-state index contributed by atoms with van der Waals surface area (Å²) in [7, 11) is 0. The Bertz CT molecular complexity index is 936. The molecule has 3 aromatic rings. The number of hydrogen-bond donors (Lipinski definition) is 2. The van der Waals surface area contributed by atoms with E-state index in [-0.39, 0.29) is 11.6 Å². The van der Waals surface area contributed by atoms with E-state index in [9.17, 15) is 13.2 Å². The van der Waals surface area contributed by atoms with Gasteiger partial charge < -0.3 is 10.6 Å². The van der Waals surface area contributed by atoms with Crippen molar-refractivity contribution < 1.29 is 13.2 Å². The SMILES string of the molecule is Cc1ccc(Cl)cc1Nc1cnnc(Nc2ccc(F)c(F)c2F)n1. The lowest BCUT2D eigenvalue weighted by atomic mass is 10.2. The van der Waals surface area contributed by atoms with Crippen molar-refractivity contribution in [2.75, 3.05) is 10.6 Å². The van der Waals surface area contributed by atoms with Crippen LogP contribution in [0.3, 0.4) is 0 Å². The summed E-state index contributed by atoms with van der Waals surface area (Å²) in [4.78, 5) is 4.11. The number of hydrogen-bond acceptors (Lipinski definition) is 5. The second-order valence-electron chi connectivity index (χ2n) is 5.10. The van der Waals surface area contributed by atoms with E-state index in [1.807, 2.05) is 13.0 Å². The van der Waals surface area contributed by atoms with Gasteiger partial charge in [-0.05, 0) is 36.8 Å². The molecule has 1 aromatic heterocycles. The van der Waals surface area contributed by atoms with Crippen LogP contribution in [0.5, 0.6) is 0 Å². The summed E-state index contributed by atoms with van der Waals surface area (Å²) >= 11 is 5.96. The zero-order valence-electron chi connectivity index (χ0n) is 12.8. The van der Waals surface area contributed by atoms with Gasteiger partial charge in [0.2, 0.25) is 5.95 Å². The van der Waals surface area contributed by atoms with E-state index >= 15 is 0 Å². The smallest absolute Gasteiger partial charge is 0.249 e. The minimum atomic E-state index is -1.58. The van der Waals surface area contributed by atoms with Crippen molar-refractivity contribution in [1.82, 2.24) is 15.2 Å². The third kappa shape index (κ3) is 3.80. The molecule has 0 amide bonds. The Labute approximate surface area is 145 Å². The van der Waals surface area contributed by atoms with Crippen LogP contribution >= 0.6 is 11.6 Å². The molecule has 0 saturated carbocycles. The molecular weight excluding hydrogens is 355 g/mol. The highest BCUT2D eigenvalue weighted by Gasteiger charge is 2.14. The maximum absolute atomic E-state index is 13.7. The molecule has 0 aliphatic carbocycles. The second-order valence-corrected chi connectivity index (χ2v) is 5.53. The molecule has 0 radical (unpaired) electrons. The topological polar surface area (TPSA) is 62.7 Å². The normalized spacial score (nSPS) is 10.6. The molecule has 0 bridgehead atoms. The molecule has 9 heteroatoms. The standard InChI is InChI=1S/C16H11ClF3N5/c1-8-2-3-9(17)6-12(8)22-13-7-21-25-16(24-13)23-11-5-4-10(18)14(19)15(11)20/h2-7H,1H3,(H2,22,23,24,25). The zero-order chi connectivity index (χ0) is 18.0. The van der Waals surface area contributed by atoms with Gasteiger partial charge in [0.1, 0.15) is 0 Å². The summed E-state index contributed by atoms with van der Waals surface area (Å²) in [5.41, 5.74) is 1.32. The van der Waals surface area contributed by atoms with Crippen LogP contribution in [-0.4, -0.2) is 15.2 Å². The van der Waals surface area contributed by atoms with Crippen LogP contribution in [-0.2, 0) is 0 Å². The van der Waals surface area contributed by atoms with Crippen molar-refractivity contribution in [1.29, 1.82) is 0 Å². The number of nitrogens with one attached hydrogen (secondary N) is 2. The molecule has 1 heterocycles. The molecule has 3 rings (SSSR count). The molecule has 25 heavy (non-hydrogen) atoms. The molecule has 128 valence electrons. The fraction of sp³-hybridized carbons (Fsp3) is 0.0625. The number of halogens is 4. The molecular formula is C16H11ClF3N5. The molecule has 0 fully saturated rings. The molecule has 5 nitrogen and oxygen atoms in total. The quantitative estimate of drug-likeness (QED) is 0.654. The maximum atomic E-state index is 13.7. The minimum Gasteiger partial charge on any atom is -0.339 e. The molecule has 0 aliphatic heterocycles. The molecule has 0 atom stereocenters. The predicted octanol–water partition coefficient (Wildman–Crippen LogP) is 4.74. The van der Waals surface area contributed by atoms with E-state index in [0.717, 1.165) is 17.7 Å². The zero-order valence-corrected chi connectivity index (χ0v) is 13.6. The third-order valence-corrected chi connectivity index (χ3v) is 3.54. The van der Waals surface area contributed by atoms with Crippen LogP contribution in [0.4, 0.5) is 36.3 Å². The van der Waals surface area contributed by atoms with Gasteiger partial charge in [0.25, 0.3) is 0 Å². The Morgan fingerprint density at radius 3 is 2.56 bits per heavy atom. The van der Waals surface area contributed by atoms with Crippen LogP contribution in [0.2, 0.25) is 5.02 Å². The van der Waals surface area contributed by atoms with Crippen LogP contribution in [0.25, 0.3) is 0 Å². The van der Waals surface area contributed by atoms with E-state index in [2.05, 4.69) is 25.8 Å². The van der Waals surface area contributed by atoms with Crippen molar-refractivity contribution in [3.05, 3.63) is 64.6 Å². The fourth-order valence-corrected chi connectivity index (χ4v) is 2.20. The van der Waals surface area contributed by atoms with Gasteiger partial charge in [-0.25, -0.2) is 13.2 Å². The van der Waals surface area contributed by atoms with Crippen LogP contribution < -0.4 is 10.6 Å². The first kappa shape index (κ1) is 17.0. The van der Waals surface area contributed by atoms with Crippen molar-refractivity contribution in [3.63, 3.8) is 0 Å². The maximum Gasteiger partial charge on any atom is 0.249 e. The van der Waals surface area contributed by atoms with Gasteiger partial charge >= 0.3 is 0 Å². The number of rotatable bonds is 4. The van der Waals surface area contributed by atoms with Crippen LogP contribution in [0, 0.1) is 24.4 Å². The van der Waals surface area contributed by atoms with Crippen LogP contribution in [0.1, 0.15) is 5.56 Å². The van der Waals surface area contributed by atoms with Crippen molar-refractivity contribution in [3.8, 4) is 0 Å². The summed E-state index contributed by atoms with van der Waals surface area (Å²) in [6.45, 7) is 1.88. The average Bonchev–Trinajstić information content (AvgIpc) is 2.59. The van der Waals surface area contributed by atoms with E-state index in [1.165, 1.54) is 6.20 Å². The number of nitrogens with zero attached hydrogens (tertiary/aromatic N) is 3. The van der Waals surface area contributed by atoms with Gasteiger partial charge in [-0.3, -0.25) is 0 Å². The number of benzene rings is 2. The highest BCUT2D eigenvalue weighted by molar-refractivity contribution is 6.30. The predicted molar refractivity (Wildman–Crippen MR) is 88.9 cm³/mol. The second kappa shape index (κ2) is 6.94. The lowest BCUT2D eigenvalue weighted by Gasteiger charge is -2.10. The van der Waals surface area contributed by atoms with Crippen molar-refractivity contribution >= 4 is 34.7 Å². The highest BCUT2D eigenvalue weighted by Crippen LogP contribution is 2.25. The number of anilines is 4. The molecule has 0 unspecified atom stereocenters. The first-order chi connectivity index (χ1) is 11.9. The third-order valence-electron chi connectivity index (χ3n) is 3.30. The van der Waals surface area contributed by atoms with Crippen LogP contribution in [0.15, 0.2) is 36.5 Å².